The molecule has 0 atom stereocenters. The molecule has 3 aromatic carbocycles. The van der Waals surface area contributed by atoms with Crippen LogP contribution in [0, 0.1) is 0 Å². The summed E-state index contributed by atoms with van der Waals surface area (Å²) in [6, 6.07) is 28.8. The van der Waals surface area contributed by atoms with Gasteiger partial charge in [-0.3, -0.25) is 4.99 Å². The third-order valence-electron chi connectivity index (χ3n) is 3.88. The smallest absolute Gasteiger partial charge is 0.0963 e. The van der Waals surface area contributed by atoms with Gasteiger partial charge in [-0.25, -0.2) is 0 Å². The van der Waals surface area contributed by atoms with Crippen LogP contribution in [-0.4, -0.2) is 11.2 Å². The van der Waals surface area contributed by atoms with E-state index in [1.807, 2.05) is 54.7 Å². The van der Waals surface area contributed by atoms with Crippen LogP contribution < -0.4 is 0 Å². The predicted molar refractivity (Wildman–Crippen MR) is 97.4 cm³/mol. The molecule has 0 bridgehead atoms. The Hall–Kier alpha value is -3.13. The Labute approximate surface area is 135 Å². The second-order valence-corrected chi connectivity index (χ2v) is 5.43. The lowest BCUT2D eigenvalue weighted by atomic mass is 10.1. The Balaban J connectivity index is 1.88. The number of aromatic nitrogens is 1. The number of benzene rings is 3. The number of hydrogen-bond donors (Lipinski definition) is 1. The molecule has 0 aliphatic heterocycles. The van der Waals surface area contributed by atoms with Gasteiger partial charge in [0.05, 0.1) is 11.4 Å². The third-order valence-corrected chi connectivity index (χ3v) is 3.88. The zero-order chi connectivity index (χ0) is 15.5. The van der Waals surface area contributed by atoms with Gasteiger partial charge in [0.1, 0.15) is 0 Å². The molecule has 0 amide bonds. The van der Waals surface area contributed by atoms with E-state index in [-0.39, 0.29) is 0 Å². The van der Waals surface area contributed by atoms with Gasteiger partial charge in [-0.2, -0.15) is 0 Å². The van der Waals surface area contributed by atoms with E-state index in [1.54, 1.807) is 0 Å². The summed E-state index contributed by atoms with van der Waals surface area (Å²) in [5, 5.41) is 1.14. The molecule has 0 unspecified atom stereocenters. The van der Waals surface area contributed by atoms with Crippen molar-refractivity contribution in [1.29, 1.82) is 0 Å². The van der Waals surface area contributed by atoms with E-state index in [1.165, 1.54) is 0 Å². The number of fused-ring (bicyclic) bond motifs is 1. The number of rotatable bonds is 3. The van der Waals surface area contributed by atoms with Crippen LogP contribution in [0.1, 0.15) is 5.56 Å². The fourth-order valence-corrected chi connectivity index (χ4v) is 2.75. The van der Waals surface area contributed by atoms with Crippen LogP contribution in [0.2, 0.25) is 0 Å². The van der Waals surface area contributed by atoms with Crippen LogP contribution >= 0.6 is 0 Å². The van der Waals surface area contributed by atoms with Crippen LogP contribution in [0.3, 0.4) is 0 Å². The number of nitrogens with zero attached hydrogens (tertiary/aromatic N) is 1. The van der Waals surface area contributed by atoms with Crippen molar-refractivity contribution < 1.29 is 0 Å². The summed E-state index contributed by atoms with van der Waals surface area (Å²) >= 11 is 0. The van der Waals surface area contributed by atoms with Gasteiger partial charge in [0.2, 0.25) is 0 Å². The molecular weight excluding hydrogens is 280 g/mol. The monoisotopic (exact) mass is 296 g/mol. The van der Waals surface area contributed by atoms with E-state index in [0.29, 0.717) is 0 Å². The van der Waals surface area contributed by atoms with E-state index in [0.717, 1.165) is 33.4 Å². The standard InChI is InChI=1S/C21H16N2/c1-3-9-16(10-4-1)15-22-21-18-13-7-8-14-19(18)23-20(21)17-11-5-2-6-12-17/h1-15,23H. The first-order valence-electron chi connectivity index (χ1n) is 7.67. The highest BCUT2D eigenvalue weighted by molar-refractivity contribution is 6.01. The largest absolute Gasteiger partial charge is 0.353 e. The number of H-pyrrole nitrogens is 1. The van der Waals surface area contributed by atoms with E-state index >= 15 is 0 Å². The highest BCUT2D eigenvalue weighted by atomic mass is 14.8. The molecule has 1 aromatic heterocycles. The van der Waals surface area contributed by atoms with Crippen molar-refractivity contribution in [1.82, 2.24) is 4.98 Å². The highest BCUT2D eigenvalue weighted by Gasteiger charge is 2.11. The molecular formula is C21H16N2. The molecule has 0 aliphatic carbocycles. The molecule has 2 heteroatoms. The van der Waals surface area contributed by atoms with Crippen LogP contribution in [0.5, 0.6) is 0 Å². The summed E-state index contributed by atoms with van der Waals surface area (Å²) in [6.45, 7) is 0. The summed E-state index contributed by atoms with van der Waals surface area (Å²) in [4.78, 5) is 8.29. The Morgan fingerprint density at radius 1 is 0.696 bits per heavy atom. The van der Waals surface area contributed by atoms with Gasteiger partial charge in [-0.05, 0) is 11.6 Å². The number of nitrogens with one attached hydrogen (secondary N) is 1. The van der Waals surface area contributed by atoms with Crippen molar-refractivity contribution in [2.75, 3.05) is 0 Å². The van der Waals surface area contributed by atoms with Crippen molar-refractivity contribution in [3.05, 3.63) is 90.5 Å². The van der Waals surface area contributed by atoms with Crippen LogP contribution in [0.25, 0.3) is 22.2 Å². The van der Waals surface area contributed by atoms with E-state index in [4.69, 9.17) is 4.99 Å². The first-order chi connectivity index (χ1) is 11.4. The Bertz CT molecular complexity index is 951. The molecule has 0 radical (unpaired) electrons. The van der Waals surface area contributed by atoms with Gasteiger partial charge in [0.25, 0.3) is 0 Å². The molecule has 0 fully saturated rings. The van der Waals surface area contributed by atoms with Crippen LogP contribution in [-0.2, 0) is 0 Å². The first kappa shape index (κ1) is 13.5. The average Bonchev–Trinajstić information content (AvgIpc) is 3.00. The summed E-state index contributed by atoms with van der Waals surface area (Å²) in [5.41, 5.74) is 5.38. The Morgan fingerprint density at radius 3 is 2.13 bits per heavy atom. The minimum Gasteiger partial charge on any atom is -0.353 e. The summed E-state index contributed by atoms with van der Waals surface area (Å²) < 4.78 is 0. The number of aliphatic imine (C=N–C) groups is 1. The molecule has 110 valence electrons. The second-order valence-electron chi connectivity index (χ2n) is 5.43. The number of para-hydroxylation sites is 1. The minimum atomic E-state index is 0.982. The topological polar surface area (TPSA) is 28.1 Å². The van der Waals surface area contributed by atoms with Crippen molar-refractivity contribution in [2.24, 2.45) is 4.99 Å². The van der Waals surface area contributed by atoms with Crippen LogP contribution in [0.4, 0.5) is 5.69 Å². The van der Waals surface area contributed by atoms with E-state index < -0.39 is 0 Å². The molecule has 4 rings (SSSR count). The van der Waals surface area contributed by atoms with Gasteiger partial charge in [-0.15, -0.1) is 0 Å². The lowest BCUT2D eigenvalue weighted by molar-refractivity contribution is 1.43. The zero-order valence-electron chi connectivity index (χ0n) is 12.6. The average molecular weight is 296 g/mol. The molecule has 4 aromatic rings. The summed E-state index contributed by atoms with van der Waals surface area (Å²) in [6.07, 6.45) is 1.92. The van der Waals surface area contributed by atoms with Crippen molar-refractivity contribution in [3.8, 4) is 11.3 Å². The predicted octanol–water partition coefficient (Wildman–Crippen LogP) is 5.59. The SMILES string of the molecule is C(=Nc1c(-c2ccccc2)[nH]c2ccccc12)c1ccccc1. The fourth-order valence-electron chi connectivity index (χ4n) is 2.75. The normalized spacial score (nSPS) is 11.3. The van der Waals surface area contributed by atoms with Crippen molar-refractivity contribution >= 4 is 22.8 Å². The summed E-state index contributed by atoms with van der Waals surface area (Å²) in [5.74, 6) is 0. The van der Waals surface area contributed by atoms with Crippen LogP contribution in [0.15, 0.2) is 89.9 Å². The highest BCUT2D eigenvalue weighted by Crippen LogP contribution is 2.36. The maximum absolute atomic E-state index is 4.78. The number of aromatic amines is 1. The molecule has 0 spiro atoms. The van der Waals surface area contributed by atoms with Gasteiger partial charge >= 0.3 is 0 Å². The Kier molecular flexibility index (Phi) is 3.49. The molecule has 1 heterocycles. The first-order valence-corrected chi connectivity index (χ1v) is 7.67. The van der Waals surface area contributed by atoms with E-state index in [9.17, 15) is 0 Å². The molecule has 2 nitrogen and oxygen atoms in total. The number of hydrogen-bond acceptors (Lipinski definition) is 1. The third kappa shape index (κ3) is 2.67. The lowest BCUT2D eigenvalue weighted by Gasteiger charge is -2.00. The van der Waals surface area contributed by atoms with E-state index in [2.05, 4.69) is 41.4 Å². The molecule has 0 saturated carbocycles. The molecule has 0 aliphatic rings. The molecule has 23 heavy (non-hydrogen) atoms. The molecule has 0 saturated heterocycles. The van der Waals surface area contributed by atoms with Gasteiger partial charge in [0.15, 0.2) is 0 Å². The quantitative estimate of drug-likeness (QED) is 0.478. The second kappa shape index (κ2) is 5.93. The zero-order valence-corrected chi connectivity index (χ0v) is 12.6. The lowest BCUT2D eigenvalue weighted by Crippen LogP contribution is -1.80. The Morgan fingerprint density at radius 2 is 1.35 bits per heavy atom. The van der Waals surface area contributed by atoms with Gasteiger partial charge in [0, 0.05) is 22.7 Å². The minimum absolute atomic E-state index is 0.982. The van der Waals surface area contributed by atoms with Crippen molar-refractivity contribution in [3.63, 3.8) is 0 Å². The maximum Gasteiger partial charge on any atom is 0.0963 e. The van der Waals surface area contributed by atoms with Gasteiger partial charge in [-0.1, -0.05) is 78.9 Å². The maximum atomic E-state index is 4.78. The molecule has 1 N–H and O–H groups in total. The fraction of sp³-hybridized carbons (Fsp3) is 0. The van der Waals surface area contributed by atoms with Gasteiger partial charge < -0.3 is 4.98 Å². The van der Waals surface area contributed by atoms with Crippen molar-refractivity contribution in [2.45, 2.75) is 0 Å². The summed E-state index contributed by atoms with van der Waals surface area (Å²) in [7, 11) is 0.